The number of H-pyrrole nitrogens is 1. The van der Waals surface area contributed by atoms with Crippen molar-refractivity contribution in [2.45, 2.75) is 0 Å². The summed E-state index contributed by atoms with van der Waals surface area (Å²) in [6, 6.07) is 7.82. The lowest BCUT2D eigenvalue weighted by Crippen LogP contribution is -2.31. The van der Waals surface area contributed by atoms with Crippen molar-refractivity contribution >= 4 is 16.7 Å². The highest BCUT2D eigenvalue weighted by atomic mass is 15.3. The average molecular weight is 189 g/mol. The first-order valence-corrected chi connectivity index (χ1v) is 4.23. The van der Waals surface area contributed by atoms with E-state index in [1.807, 2.05) is 24.3 Å². The molecule has 0 fully saturated rings. The molecule has 0 bridgehead atoms. The summed E-state index contributed by atoms with van der Waals surface area (Å²) in [6.45, 7) is 0. The van der Waals surface area contributed by atoms with Gasteiger partial charge in [0.25, 0.3) is 0 Å². The average Bonchev–Trinajstić information content (AvgIpc) is 2.65. The number of rotatable bonds is 1. The van der Waals surface area contributed by atoms with Crippen LogP contribution >= 0.6 is 0 Å². The van der Waals surface area contributed by atoms with Gasteiger partial charge >= 0.3 is 0 Å². The Morgan fingerprint density at radius 3 is 3.00 bits per heavy atom. The Morgan fingerprint density at radius 2 is 2.29 bits per heavy atom. The van der Waals surface area contributed by atoms with Gasteiger partial charge in [-0.05, 0) is 6.07 Å². The van der Waals surface area contributed by atoms with Crippen LogP contribution in [0.1, 0.15) is 5.69 Å². The predicted octanol–water partition coefficient (Wildman–Crippen LogP) is 0.403. The van der Waals surface area contributed by atoms with Gasteiger partial charge in [0.1, 0.15) is 5.69 Å². The monoisotopic (exact) mass is 189 g/mol. The molecule has 0 saturated heterocycles. The zero-order chi connectivity index (χ0) is 9.97. The molecule has 0 amide bonds. The lowest BCUT2D eigenvalue weighted by molar-refractivity contribution is 0.995. The largest absolute Gasteiger partial charge is 0.307 e. The van der Waals surface area contributed by atoms with Crippen molar-refractivity contribution in [1.29, 1.82) is 0 Å². The number of nitrogens with one attached hydrogen (secondary N) is 2. The molecule has 2 aromatic rings. The molecule has 1 aromatic heterocycles. The molecule has 5 heteroatoms. The molecule has 1 heterocycles. The summed E-state index contributed by atoms with van der Waals surface area (Å²) in [6.07, 6.45) is 0. The fraction of sp³-hybridized carbons (Fsp3) is 0.111. The van der Waals surface area contributed by atoms with Crippen LogP contribution in [0, 0.1) is 0 Å². The predicted molar refractivity (Wildman–Crippen MR) is 55.9 cm³/mol. The van der Waals surface area contributed by atoms with Gasteiger partial charge in [-0.25, -0.2) is 5.84 Å². The fourth-order valence-corrected chi connectivity index (χ4v) is 1.38. The highest BCUT2D eigenvalue weighted by molar-refractivity contribution is 6.07. The molecule has 0 atom stereocenters. The molecule has 0 aliphatic rings. The molecule has 0 radical (unpaired) electrons. The first-order valence-electron chi connectivity index (χ1n) is 4.23. The fourth-order valence-electron chi connectivity index (χ4n) is 1.38. The lowest BCUT2D eigenvalue weighted by atomic mass is 10.2. The number of aromatic nitrogens is 2. The number of para-hydroxylation sites is 1. The van der Waals surface area contributed by atoms with E-state index < -0.39 is 0 Å². The number of hydrazine groups is 1. The number of nitrogens with zero attached hydrogens (tertiary/aromatic N) is 2. The molecule has 4 N–H and O–H groups in total. The number of aromatic amines is 1. The summed E-state index contributed by atoms with van der Waals surface area (Å²) in [7, 11) is 1.67. The van der Waals surface area contributed by atoms with E-state index in [9.17, 15) is 0 Å². The van der Waals surface area contributed by atoms with Crippen molar-refractivity contribution < 1.29 is 0 Å². The van der Waals surface area contributed by atoms with Gasteiger partial charge in [-0.1, -0.05) is 18.2 Å². The maximum Gasteiger partial charge on any atom is 0.163 e. The summed E-state index contributed by atoms with van der Waals surface area (Å²) >= 11 is 0. The van der Waals surface area contributed by atoms with Crippen LogP contribution in [0.3, 0.4) is 0 Å². The zero-order valence-corrected chi connectivity index (χ0v) is 7.78. The minimum atomic E-state index is 0.572. The van der Waals surface area contributed by atoms with Gasteiger partial charge in [0.15, 0.2) is 5.84 Å². The quantitative estimate of drug-likeness (QED) is 0.263. The molecule has 1 aromatic carbocycles. The second kappa shape index (κ2) is 3.47. The van der Waals surface area contributed by atoms with Gasteiger partial charge in [0.2, 0.25) is 0 Å². The third-order valence-corrected chi connectivity index (χ3v) is 2.05. The molecule has 0 spiro atoms. The first-order chi connectivity index (χ1) is 6.86. The number of nitrogens with two attached hydrogens (primary N) is 1. The van der Waals surface area contributed by atoms with E-state index in [0.29, 0.717) is 5.84 Å². The second-order valence-corrected chi connectivity index (χ2v) is 2.83. The van der Waals surface area contributed by atoms with E-state index in [4.69, 9.17) is 5.84 Å². The summed E-state index contributed by atoms with van der Waals surface area (Å²) in [4.78, 5) is 4.00. The highest BCUT2D eigenvalue weighted by Gasteiger charge is 2.09. The molecule has 0 aliphatic heterocycles. The van der Waals surface area contributed by atoms with Crippen LogP contribution < -0.4 is 11.3 Å². The van der Waals surface area contributed by atoms with Crippen LogP contribution in [0.5, 0.6) is 0 Å². The SMILES string of the molecule is CN=C(NN)c1n[nH]c2ccccc12. The third kappa shape index (κ3) is 1.23. The van der Waals surface area contributed by atoms with Gasteiger partial charge in [0, 0.05) is 12.4 Å². The Morgan fingerprint density at radius 1 is 1.50 bits per heavy atom. The molecule has 0 saturated carbocycles. The maximum atomic E-state index is 5.33. The molecule has 72 valence electrons. The Balaban J connectivity index is 2.63. The van der Waals surface area contributed by atoms with Crippen molar-refractivity contribution in [2.75, 3.05) is 7.05 Å². The van der Waals surface area contributed by atoms with Crippen molar-refractivity contribution in [2.24, 2.45) is 10.8 Å². The number of hydrogen-bond donors (Lipinski definition) is 3. The van der Waals surface area contributed by atoms with Crippen LogP contribution in [-0.4, -0.2) is 23.1 Å². The maximum absolute atomic E-state index is 5.33. The number of aliphatic imine (C=N–C) groups is 1. The van der Waals surface area contributed by atoms with Gasteiger partial charge in [-0.3, -0.25) is 10.1 Å². The Bertz CT molecular complexity index is 471. The zero-order valence-electron chi connectivity index (χ0n) is 7.78. The van der Waals surface area contributed by atoms with E-state index in [1.54, 1.807) is 7.05 Å². The topological polar surface area (TPSA) is 79.1 Å². The van der Waals surface area contributed by atoms with Gasteiger partial charge in [-0.2, -0.15) is 5.10 Å². The Hall–Kier alpha value is -1.88. The van der Waals surface area contributed by atoms with Gasteiger partial charge < -0.3 is 5.43 Å². The van der Waals surface area contributed by atoms with E-state index in [2.05, 4.69) is 20.6 Å². The number of fused-ring (bicyclic) bond motifs is 1. The molecular formula is C9H11N5. The minimum absolute atomic E-state index is 0.572. The van der Waals surface area contributed by atoms with Crippen molar-refractivity contribution in [3.05, 3.63) is 30.0 Å². The van der Waals surface area contributed by atoms with Crippen LogP contribution in [0.25, 0.3) is 10.9 Å². The Labute approximate surface area is 81.0 Å². The normalized spacial score (nSPS) is 12.0. The van der Waals surface area contributed by atoms with Crippen LogP contribution in [0.4, 0.5) is 0 Å². The Kier molecular flexibility index (Phi) is 2.16. The minimum Gasteiger partial charge on any atom is -0.307 e. The molecule has 0 unspecified atom stereocenters. The van der Waals surface area contributed by atoms with E-state index in [-0.39, 0.29) is 0 Å². The van der Waals surface area contributed by atoms with Crippen molar-refractivity contribution in [3.8, 4) is 0 Å². The molecule has 14 heavy (non-hydrogen) atoms. The van der Waals surface area contributed by atoms with E-state index in [0.717, 1.165) is 16.6 Å². The molecule has 5 nitrogen and oxygen atoms in total. The number of amidine groups is 1. The number of hydrogen-bond acceptors (Lipinski definition) is 3. The third-order valence-electron chi connectivity index (χ3n) is 2.05. The van der Waals surface area contributed by atoms with Crippen LogP contribution in [0.15, 0.2) is 29.3 Å². The summed E-state index contributed by atoms with van der Waals surface area (Å²) in [5, 5.41) is 8.06. The summed E-state index contributed by atoms with van der Waals surface area (Å²) < 4.78 is 0. The molecular weight excluding hydrogens is 178 g/mol. The van der Waals surface area contributed by atoms with Crippen LogP contribution in [0.2, 0.25) is 0 Å². The molecule has 2 rings (SSSR count). The van der Waals surface area contributed by atoms with Crippen molar-refractivity contribution in [3.63, 3.8) is 0 Å². The molecule has 0 aliphatic carbocycles. The smallest absolute Gasteiger partial charge is 0.163 e. The number of benzene rings is 1. The second-order valence-electron chi connectivity index (χ2n) is 2.83. The standard InChI is InChI=1S/C9H11N5/c1-11-9(12-10)8-6-4-2-3-5-7(6)13-14-8/h2-5H,10H2,1H3,(H,11,12)(H,13,14). The lowest BCUT2D eigenvalue weighted by Gasteiger charge is -1.99. The first kappa shape index (κ1) is 8.71. The van der Waals surface area contributed by atoms with E-state index in [1.165, 1.54) is 0 Å². The summed E-state index contributed by atoms with van der Waals surface area (Å²) in [5.41, 5.74) is 4.23. The van der Waals surface area contributed by atoms with E-state index >= 15 is 0 Å². The van der Waals surface area contributed by atoms with Crippen molar-refractivity contribution in [1.82, 2.24) is 15.6 Å². The van der Waals surface area contributed by atoms with Gasteiger partial charge in [0.05, 0.1) is 5.52 Å². The highest BCUT2D eigenvalue weighted by Crippen LogP contribution is 2.14. The van der Waals surface area contributed by atoms with Gasteiger partial charge in [-0.15, -0.1) is 0 Å². The van der Waals surface area contributed by atoms with Crippen LogP contribution in [-0.2, 0) is 0 Å². The summed E-state index contributed by atoms with van der Waals surface area (Å²) in [5.74, 6) is 5.90.